The number of thiocarbonyl (C=S) groups is 1. The molecular formula is C22H18ClN3O3S2. The molecule has 9 heteroatoms. The van der Waals surface area contributed by atoms with E-state index in [1.165, 1.54) is 16.7 Å². The van der Waals surface area contributed by atoms with Crippen molar-refractivity contribution in [1.29, 1.82) is 0 Å². The quantitative estimate of drug-likeness (QED) is 0.502. The summed E-state index contributed by atoms with van der Waals surface area (Å²) in [4.78, 5) is 32.6. The van der Waals surface area contributed by atoms with Gasteiger partial charge in [0.15, 0.2) is 4.32 Å². The summed E-state index contributed by atoms with van der Waals surface area (Å²) in [7, 11) is 0. The van der Waals surface area contributed by atoms with Crippen molar-refractivity contribution in [2.75, 3.05) is 42.8 Å². The van der Waals surface area contributed by atoms with Crippen molar-refractivity contribution in [2.45, 2.75) is 0 Å². The second-order valence-corrected chi connectivity index (χ2v) is 9.39. The number of morpholine rings is 1. The maximum atomic E-state index is 13.5. The third-order valence-electron chi connectivity index (χ3n) is 5.45. The summed E-state index contributed by atoms with van der Waals surface area (Å²) in [5, 5.41) is 0.575. The number of fused-ring (bicyclic) bond motifs is 1. The first-order valence-corrected chi connectivity index (χ1v) is 11.4. The lowest BCUT2D eigenvalue weighted by atomic mass is 10.1. The van der Waals surface area contributed by atoms with Gasteiger partial charge in [0.25, 0.3) is 11.8 Å². The standard InChI is InChI=1S/C22H18ClN3O3S2/c23-14-5-7-15(8-6-14)26-21(28)19(31-22(26)30)18-16-3-1-2-4-17(16)25(20(18)27)13-24-9-11-29-12-10-24/h1-8H,9-13H2/b19-18-. The first kappa shape index (κ1) is 20.7. The zero-order chi connectivity index (χ0) is 21.5. The van der Waals surface area contributed by atoms with Crippen LogP contribution in [0.25, 0.3) is 5.57 Å². The van der Waals surface area contributed by atoms with E-state index in [4.69, 9.17) is 28.6 Å². The molecule has 0 bridgehead atoms. The van der Waals surface area contributed by atoms with Crippen molar-refractivity contribution in [3.05, 3.63) is 64.0 Å². The SMILES string of the molecule is O=C1/C(=C2\SC(=S)N(c3ccc(Cl)cc3)C2=O)c2ccccc2N1CN1CCOCC1. The molecule has 31 heavy (non-hydrogen) atoms. The number of amides is 2. The molecule has 0 aromatic heterocycles. The van der Waals surface area contributed by atoms with E-state index in [-0.39, 0.29) is 11.8 Å². The highest BCUT2D eigenvalue weighted by atomic mass is 35.5. The number of ether oxygens (including phenoxy) is 1. The molecule has 2 aromatic rings. The maximum absolute atomic E-state index is 13.5. The highest BCUT2D eigenvalue weighted by Crippen LogP contribution is 2.45. The average molecular weight is 472 g/mol. The molecule has 2 fully saturated rings. The summed E-state index contributed by atoms with van der Waals surface area (Å²) in [6.45, 7) is 3.28. The molecule has 2 amide bonds. The van der Waals surface area contributed by atoms with Crippen molar-refractivity contribution in [1.82, 2.24) is 4.90 Å². The molecule has 5 rings (SSSR count). The minimum atomic E-state index is -0.288. The highest BCUT2D eigenvalue weighted by Gasteiger charge is 2.42. The lowest BCUT2D eigenvalue weighted by molar-refractivity contribution is -0.115. The predicted molar refractivity (Wildman–Crippen MR) is 127 cm³/mol. The van der Waals surface area contributed by atoms with Crippen LogP contribution in [0.3, 0.4) is 0 Å². The van der Waals surface area contributed by atoms with Gasteiger partial charge in [0, 0.05) is 23.7 Å². The number of benzene rings is 2. The number of hydrogen-bond acceptors (Lipinski definition) is 6. The number of nitrogens with zero attached hydrogens (tertiary/aromatic N) is 3. The first-order valence-electron chi connectivity index (χ1n) is 9.82. The highest BCUT2D eigenvalue weighted by molar-refractivity contribution is 8.27. The molecule has 0 unspecified atom stereocenters. The van der Waals surface area contributed by atoms with Gasteiger partial charge in [-0.1, -0.05) is 53.8 Å². The normalized spacial score (nSPS) is 21.9. The zero-order valence-corrected chi connectivity index (χ0v) is 18.8. The van der Waals surface area contributed by atoms with Crippen LogP contribution in [0, 0.1) is 0 Å². The Hall–Kier alpha value is -2.23. The summed E-state index contributed by atoms with van der Waals surface area (Å²) in [5.74, 6) is -0.465. The third-order valence-corrected chi connectivity index (χ3v) is 7.07. The molecule has 2 saturated heterocycles. The number of hydrogen-bond donors (Lipinski definition) is 0. The van der Waals surface area contributed by atoms with Gasteiger partial charge >= 0.3 is 0 Å². The summed E-state index contributed by atoms with van der Waals surface area (Å²) in [5.41, 5.74) is 2.62. The van der Waals surface area contributed by atoms with Crippen LogP contribution in [-0.2, 0) is 14.3 Å². The molecule has 158 valence electrons. The second kappa shape index (κ2) is 8.37. The third kappa shape index (κ3) is 3.68. The van der Waals surface area contributed by atoms with Crippen LogP contribution < -0.4 is 9.80 Å². The van der Waals surface area contributed by atoms with Crippen LogP contribution in [0.15, 0.2) is 53.4 Å². The van der Waals surface area contributed by atoms with E-state index in [0.717, 1.165) is 24.3 Å². The topological polar surface area (TPSA) is 53.1 Å². The van der Waals surface area contributed by atoms with Gasteiger partial charge in [0.2, 0.25) is 0 Å². The first-order chi connectivity index (χ1) is 15.0. The summed E-state index contributed by atoms with van der Waals surface area (Å²) in [6, 6.07) is 14.5. The van der Waals surface area contributed by atoms with Crippen LogP contribution in [0.2, 0.25) is 5.02 Å². The lowest BCUT2D eigenvalue weighted by Gasteiger charge is -2.30. The van der Waals surface area contributed by atoms with Crippen molar-refractivity contribution < 1.29 is 14.3 Å². The minimum absolute atomic E-state index is 0.177. The van der Waals surface area contributed by atoms with Crippen molar-refractivity contribution in [3.8, 4) is 0 Å². The van der Waals surface area contributed by atoms with Crippen LogP contribution in [0.1, 0.15) is 5.56 Å². The van der Waals surface area contributed by atoms with Gasteiger partial charge in [-0.05, 0) is 30.3 Å². The summed E-state index contributed by atoms with van der Waals surface area (Å²) >= 11 is 12.6. The number of rotatable bonds is 3. The Bertz CT molecular complexity index is 1110. The number of halogens is 1. The van der Waals surface area contributed by atoms with Gasteiger partial charge in [-0.2, -0.15) is 0 Å². The molecule has 2 aromatic carbocycles. The van der Waals surface area contributed by atoms with E-state index in [0.29, 0.717) is 45.4 Å². The Morgan fingerprint density at radius 3 is 2.45 bits per heavy atom. The monoisotopic (exact) mass is 471 g/mol. The van der Waals surface area contributed by atoms with Gasteiger partial charge in [-0.15, -0.1) is 0 Å². The van der Waals surface area contributed by atoms with Crippen molar-refractivity contribution in [3.63, 3.8) is 0 Å². The van der Waals surface area contributed by atoms with Gasteiger partial charge in [0.1, 0.15) is 0 Å². The van der Waals surface area contributed by atoms with Crippen LogP contribution in [0.5, 0.6) is 0 Å². The Labute approximate surface area is 194 Å². The molecule has 3 heterocycles. The smallest absolute Gasteiger partial charge is 0.271 e. The van der Waals surface area contributed by atoms with E-state index in [9.17, 15) is 9.59 Å². The molecule has 6 nitrogen and oxygen atoms in total. The van der Waals surface area contributed by atoms with E-state index < -0.39 is 0 Å². The number of anilines is 2. The lowest BCUT2D eigenvalue weighted by Crippen LogP contribution is -2.45. The van der Waals surface area contributed by atoms with E-state index >= 15 is 0 Å². The predicted octanol–water partition coefficient (Wildman–Crippen LogP) is 3.75. The average Bonchev–Trinajstić information content (AvgIpc) is 3.22. The Kier molecular flexibility index (Phi) is 5.58. The molecule has 0 spiro atoms. The summed E-state index contributed by atoms with van der Waals surface area (Å²) < 4.78 is 5.81. The van der Waals surface area contributed by atoms with Gasteiger partial charge < -0.3 is 4.74 Å². The number of para-hydroxylation sites is 1. The number of thioether (sulfide) groups is 1. The van der Waals surface area contributed by atoms with Crippen molar-refractivity contribution in [2.24, 2.45) is 0 Å². The van der Waals surface area contributed by atoms with Crippen LogP contribution in [0.4, 0.5) is 11.4 Å². The fraction of sp³-hybridized carbons (Fsp3) is 0.227. The van der Waals surface area contributed by atoms with Gasteiger partial charge in [0.05, 0.1) is 41.7 Å². The van der Waals surface area contributed by atoms with Gasteiger partial charge in [-0.3, -0.25) is 24.3 Å². The minimum Gasteiger partial charge on any atom is -0.379 e. The molecule has 3 aliphatic rings. The molecule has 0 aliphatic carbocycles. The number of carbonyl (C=O) groups excluding carboxylic acids is 2. The van der Waals surface area contributed by atoms with E-state index in [1.54, 1.807) is 29.2 Å². The van der Waals surface area contributed by atoms with Crippen molar-refractivity contribution >= 4 is 68.7 Å². The fourth-order valence-electron chi connectivity index (χ4n) is 3.91. The second-order valence-electron chi connectivity index (χ2n) is 7.31. The zero-order valence-electron chi connectivity index (χ0n) is 16.4. The Morgan fingerprint density at radius 1 is 1.00 bits per heavy atom. The van der Waals surface area contributed by atoms with Crippen LogP contribution in [-0.4, -0.2) is 54.0 Å². The molecule has 3 aliphatic heterocycles. The fourth-order valence-corrected chi connectivity index (χ4v) is 5.41. The van der Waals surface area contributed by atoms with E-state index in [1.807, 2.05) is 24.3 Å². The van der Waals surface area contributed by atoms with E-state index in [2.05, 4.69) is 4.90 Å². The number of carbonyl (C=O) groups is 2. The molecule has 0 saturated carbocycles. The molecule has 0 N–H and O–H groups in total. The molecular weight excluding hydrogens is 454 g/mol. The largest absolute Gasteiger partial charge is 0.379 e. The maximum Gasteiger partial charge on any atom is 0.271 e. The molecule has 0 atom stereocenters. The Balaban J connectivity index is 1.53. The van der Waals surface area contributed by atoms with Gasteiger partial charge in [-0.25, -0.2) is 0 Å². The van der Waals surface area contributed by atoms with Crippen LogP contribution >= 0.6 is 35.6 Å². The molecule has 0 radical (unpaired) electrons. The summed E-state index contributed by atoms with van der Waals surface area (Å²) in [6.07, 6.45) is 0. The Morgan fingerprint density at radius 2 is 1.71 bits per heavy atom.